The monoisotopic (exact) mass is 384 g/mol. The van der Waals surface area contributed by atoms with Crippen LogP contribution in [0.25, 0.3) is 0 Å². The van der Waals surface area contributed by atoms with Crippen molar-refractivity contribution in [3.63, 3.8) is 0 Å². The van der Waals surface area contributed by atoms with E-state index in [0.717, 1.165) is 5.56 Å². The Morgan fingerprint density at radius 2 is 1.96 bits per heavy atom. The molecule has 0 aliphatic carbocycles. The van der Waals surface area contributed by atoms with Crippen LogP contribution in [-0.4, -0.2) is 24.4 Å². The summed E-state index contributed by atoms with van der Waals surface area (Å²) in [6.07, 6.45) is -0.698. The van der Waals surface area contributed by atoms with Crippen LogP contribution in [0.4, 0.5) is 15.8 Å². The average molecular weight is 385 g/mol. The lowest BCUT2D eigenvalue weighted by Crippen LogP contribution is -2.25. The lowest BCUT2D eigenvalue weighted by atomic mass is 10.2. The summed E-state index contributed by atoms with van der Waals surface area (Å²) in [6, 6.07) is 12.5. The van der Waals surface area contributed by atoms with E-state index in [4.69, 9.17) is 10.5 Å². The van der Waals surface area contributed by atoms with Gasteiger partial charge in [0, 0.05) is 17.1 Å². The summed E-state index contributed by atoms with van der Waals surface area (Å²) >= 11 is 3.29. The van der Waals surface area contributed by atoms with Crippen LogP contribution in [0.15, 0.2) is 46.9 Å². The molecule has 4 nitrogen and oxygen atoms in total. The standard InChI is InChI=1S/C16H18BrFN2O2.CH4/c17-13-6-15(19)14(18)7-16(13)20-8-12(21)10-22-9-11-4-2-1-3-5-11;/h1-7,12,20-21H,8-10,19H2;1H4. The van der Waals surface area contributed by atoms with Crippen LogP contribution in [0.2, 0.25) is 0 Å². The Kier molecular flexibility index (Phi) is 8.02. The molecule has 126 valence electrons. The molecule has 0 bridgehead atoms. The van der Waals surface area contributed by atoms with Gasteiger partial charge < -0.3 is 20.9 Å². The van der Waals surface area contributed by atoms with Crippen LogP contribution in [-0.2, 0) is 11.3 Å². The fourth-order valence-corrected chi connectivity index (χ4v) is 2.37. The quantitative estimate of drug-likeness (QED) is 0.635. The van der Waals surface area contributed by atoms with Gasteiger partial charge in [-0.1, -0.05) is 37.8 Å². The van der Waals surface area contributed by atoms with Gasteiger partial charge in [0.25, 0.3) is 0 Å². The normalized spacial score (nSPS) is 11.6. The maximum absolute atomic E-state index is 13.4. The van der Waals surface area contributed by atoms with Crippen LogP contribution < -0.4 is 11.1 Å². The van der Waals surface area contributed by atoms with Crippen molar-refractivity contribution in [2.45, 2.75) is 20.1 Å². The van der Waals surface area contributed by atoms with Crippen molar-refractivity contribution in [1.29, 1.82) is 0 Å². The molecule has 0 aliphatic rings. The number of nitrogens with two attached hydrogens (primary N) is 1. The topological polar surface area (TPSA) is 67.5 Å². The second-order valence-electron chi connectivity index (χ2n) is 4.89. The number of nitrogen functional groups attached to an aromatic ring is 1. The van der Waals surface area contributed by atoms with Crippen LogP contribution >= 0.6 is 15.9 Å². The molecule has 2 aromatic rings. The molecule has 0 fully saturated rings. The van der Waals surface area contributed by atoms with Gasteiger partial charge >= 0.3 is 0 Å². The molecule has 0 spiro atoms. The van der Waals surface area contributed by atoms with Gasteiger partial charge in [-0.25, -0.2) is 4.39 Å². The van der Waals surface area contributed by atoms with E-state index < -0.39 is 11.9 Å². The molecule has 4 N–H and O–H groups in total. The molecule has 0 saturated heterocycles. The van der Waals surface area contributed by atoms with E-state index >= 15 is 0 Å². The minimum Gasteiger partial charge on any atom is -0.396 e. The summed E-state index contributed by atoms with van der Waals surface area (Å²) in [5.41, 5.74) is 7.12. The smallest absolute Gasteiger partial charge is 0.148 e. The van der Waals surface area contributed by atoms with E-state index in [-0.39, 0.29) is 26.3 Å². The van der Waals surface area contributed by atoms with Gasteiger partial charge in [-0.2, -0.15) is 0 Å². The van der Waals surface area contributed by atoms with Crippen molar-refractivity contribution < 1.29 is 14.2 Å². The van der Waals surface area contributed by atoms with Crippen molar-refractivity contribution in [2.75, 3.05) is 24.2 Å². The number of rotatable bonds is 7. The first-order valence-electron chi connectivity index (χ1n) is 6.84. The third-order valence-corrected chi connectivity index (χ3v) is 3.69. The summed E-state index contributed by atoms with van der Waals surface area (Å²) in [6.45, 7) is 0.881. The molecule has 0 amide bonds. The zero-order valence-corrected chi connectivity index (χ0v) is 13.5. The number of hydrogen-bond acceptors (Lipinski definition) is 4. The van der Waals surface area contributed by atoms with E-state index in [1.807, 2.05) is 30.3 Å². The minimum atomic E-state index is -0.698. The predicted octanol–water partition coefficient (Wildman–Crippen LogP) is 3.80. The van der Waals surface area contributed by atoms with E-state index in [2.05, 4.69) is 21.2 Å². The van der Waals surface area contributed by atoms with Gasteiger partial charge in [0.1, 0.15) is 5.82 Å². The van der Waals surface area contributed by atoms with Crippen LogP contribution in [0.1, 0.15) is 13.0 Å². The zero-order valence-electron chi connectivity index (χ0n) is 11.9. The maximum Gasteiger partial charge on any atom is 0.148 e. The Hall–Kier alpha value is -1.63. The molecule has 2 rings (SSSR count). The molecule has 23 heavy (non-hydrogen) atoms. The molecule has 0 saturated carbocycles. The van der Waals surface area contributed by atoms with E-state index in [0.29, 0.717) is 16.8 Å². The Labute approximate surface area is 144 Å². The van der Waals surface area contributed by atoms with Gasteiger partial charge in [0.05, 0.1) is 30.7 Å². The summed E-state index contributed by atoms with van der Waals surface area (Å²) in [7, 11) is 0. The molecule has 0 heterocycles. The molecular formula is C17H22BrFN2O2. The first kappa shape index (κ1) is 19.4. The van der Waals surface area contributed by atoms with E-state index in [1.54, 1.807) is 0 Å². The zero-order chi connectivity index (χ0) is 15.9. The molecule has 1 unspecified atom stereocenters. The highest BCUT2D eigenvalue weighted by Gasteiger charge is 2.09. The Morgan fingerprint density at radius 3 is 2.65 bits per heavy atom. The molecule has 0 radical (unpaired) electrons. The van der Waals surface area contributed by atoms with Gasteiger partial charge in [-0.05, 0) is 27.6 Å². The fraction of sp³-hybridized carbons (Fsp3) is 0.294. The molecule has 0 aromatic heterocycles. The van der Waals surface area contributed by atoms with Crippen molar-refractivity contribution in [3.05, 3.63) is 58.3 Å². The maximum atomic E-state index is 13.4. The summed E-state index contributed by atoms with van der Waals surface area (Å²) in [5.74, 6) is -0.500. The van der Waals surface area contributed by atoms with Crippen LogP contribution in [0, 0.1) is 5.82 Å². The largest absolute Gasteiger partial charge is 0.396 e. The first-order chi connectivity index (χ1) is 10.6. The average Bonchev–Trinajstić information content (AvgIpc) is 2.50. The highest BCUT2D eigenvalue weighted by Crippen LogP contribution is 2.27. The molecule has 2 aromatic carbocycles. The Balaban J connectivity index is 0.00000264. The molecular weight excluding hydrogens is 363 g/mol. The van der Waals surface area contributed by atoms with Crippen molar-refractivity contribution in [2.24, 2.45) is 0 Å². The Morgan fingerprint density at radius 1 is 1.26 bits per heavy atom. The number of nitrogens with one attached hydrogen (secondary N) is 1. The van der Waals surface area contributed by atoms with Gasteiger partial charge in [-0.15, -0.1) is 0 Å². The Bertz CT molecular complexity index is 611. The first-order valence-corrected chi connectivity index (χ1v) is 7.63. The van der Waals surface area contributed by atoms with Crippen molar-refractivity contribution >= 4 is 27.3 Å². The van der Waals surface area contributed by atoms with Gasteiger partial charge in [0.15, 0.2) is 0 Å². The lowest BCUT2D eigenvalue weighted by molar-refractivity contribution is 0.0348. The van der Waals surface area contributed by atoms with Crippen molar-refractivity contribution in [1.82, 2.24) is 0 Å². The lowest BCUT2D eigenvalue weighted by Gasteiger charge is -2.15. The third-order valence-electron chi connectivity index (χ3n) is 3.04. The van der Waals surface area contributed by atoms with E-state index in [9.17, 15) is 9.50 Å². The van der Waals surface area contributed by atoms with E-state index in [1.165, 1.54) is 12.1 Å². The molecule has 6 heteroatoms. The second-order valence-corrected chi connectivity index (χ2v) is 5.74. The summed E-state index contributed by atoms with van der Waals surface area (Å²) in [4.78, 5) is 0. The van der Waals surface area contributed by atoms with Crippen molar-refractivity contribution in [3.8, 4) is 0 Å². The highest BCUT2D eigenvalue weighted by atomic mass is 79.9. The van der Waals surface area contributed by atoms with Crippen LogP contribution in [0.5, 0.6) is 0 Å². The number of benzene rings is 2. The fourth-order valence-electron chi connectivity index (χ4n) is 1.87. The summed E-state index contributed by atoms with van der Waals surface area (Å²) < 4.78 is 19.5. The summed E-state index contributed by atoms with van der Waals surface area (Å²) in [5, 5.41) is 12.8. The SMILES string of the molecule is C.Nc1cc(Br)c(NCC(O)COCc2ccccc2)cc1F. The number of aliphatic hydroxyl groups excluding tert-OH is 1. The predicted molar refractivity (Wildman–Crippen MR) is 95.8 cm³/mol. The van der Waals surface area contributed by atoms with Crippen LogP contribution in [0.3, 0.4) is 0 Å². The number of aliphatic hydroxyl groups is 1. The number of hydrogen-bond donors (Lipinski definition) is 3. The number of anilines is 2. The second kappa shape index (κ2) is 9.50. The number of halogens is 2. The number of ether oxygens (including phenoxy) is 1. The van der Waals surface area contributed by atoms with Gasteiger partial charge in [0.2, 0.25) is 0 Å². The molecule has 0 aliphatic heterocycles. The van der Waals surface area contributed by atoms with Gasteiger partial charge in [-0.3, -0.25) is 0 Å². The molecule has 1 atom stereocenters. The third kappa shape index (κ3) is 6.17. The minimum absolute atomic E-state index is 0. The highest BCUT2D eigenvalue weighted by molar-refractivity contribution is 9.10.